The number of carbonyl (C=O) groups is 1. The van der Waals surface area contributed by atoms with Gasteiger partial charge in [0.05, 0.1) is 16.6 Å². The molecule has 0 heterocycles. The molecule has 0 bridgehead atoms. The van der Waals surface area contributed by atoms with E-state index in [1.54, 1.807) is 25.1 Å². The van der Waals surface area contributed by atoms with Crippen molar-refractivity contribution in [3.63, 3.8) is 0 Å². The van der Waals surface area contributed by atoms with Crippen LogP contribution in [0, 0.1) is 25.5 Å². The van der Waals surface area contributed by atoms with E-state index in [1.807, 2.05) is 32.0 Å². The quantitative estimate of drug-likeness (QED) is 0.207. The molecule has 0 aliphatic rings. The molecule has 0 spiro atoms. The molecule has 4 rings (SSSR count). The van der Waals surface area contributed by atoms with Crippen molar-refractivity contribution in [2.45, 2.75) is 51.0 Å². The highest BCUT2D eigenvalue weighted by Gasteiger charge is 2.33. The van der Waals surface area contributed by atoms with E-state index in [0.29, 0.717) is 35.5 Å². The maximum Gasteiger partial charge on any atom is 0.264 e. The van der Waals surface area contributed by atoms with Gasteiger partial charge < -0.3 is 15.2 Å². The third kappa shape index (κ3) is 6.74. The monoisotopic (exact) mass is 611 g/mol. The van der Waals surface area contributed by atoms with Gasteiger partial charge in [0, 0.05) is 16.8 Å². The number of nitrogens with zero attached hydrogens (tertiary/aromatic N) is 1. The van der Waals surface area contributed by atoms with Crippen molar-refractivity contribution in [3.8, 4) is 0 Å². The summed E-state index contributed by atoms with van der Waals surface area (Å²) in [6.07, 6.45) is 0.599. The van der Waals surface area contributed by atoms with Gasteiger partial charge >= 0.3 is 0 Å². The van der Waals surface area contributed by atoms with Crippen molar-refractivity contribution in [1.82, 2.24) is 0 Å². The Labute approximate surface area is 249 Å². The molecule has 1 unspecified atom stereocenters. The van der Waals surface area contributed by atoms with Crippen LogP contribution in [0.5, 0.6) is 0 Å². The van der Waals surface area contributed by atoms with E-state index < -0.39 is 39.5 Å². The third-order valence-corrected chi connectivity index (χ3v) is 9.55. The molecule has 0 radical (unpaired) electrons. The number of benzene rings is 4. The zero-order valence-corrected chi connectivity index (χ0v) is 24.9. The Hall–Kier alpha value is -3.95. The summed E-state index contributed by atoms with van der Waals surface area (Å²) in [6.45, 7) is 5.41. The number of nitrogens with one attached hydrogen (secondary N) is 1. The van der Waals surface area contributed by atoms with Gasteiger partial charge in [0.2, 0.25) is 0 Å². The number of halogens is 3. The number of carboxylic acid groups (broad SMARTS) is 1. The van der Waals surface area contributed by atoms with E-state index >= 15 is 4.39 Å². The van der Waals surface area contributed by atoms with E-state index in [-0.39, 0.29) is 4.90 Å². The van der Waals surface area contributed by atoms with E-state index in [4.69, 9.17) is 11.6 Å². The molecule has 1 atom stereocenters. The number of sulfonamides is 1. The van der Waals surface area contributed by atoms with Crippen molar-refractivity contribution >= 4 is 39.1 Å². The number of amides is 1. The number of rotatable bonds is 10. The van der Waals surface area contributed by atoms with Crippen molar-refractivity contribution in [2.24, 2.45) is 0 Å². The largest absolute Gasteiger partial charge is 0.530 e. The topological polar surface area (TPSA) is 89.5 Å². The molecule has 0 saturated carbocycles. The first kappa shape index (κ1) is 31.0. The number of hydrogen-bond acceptors (Lipinski definition) is 4. The van der Waals surface area contributed by atoms with Gasteiger partial charge in [-0.2, -0.15) is 0 Å². The van der Waals surface area contributed by atoms with Crippen LogP contribution >= 0.6 is 11.6 Å². The highest BCUT2D eigenvalue weighted by Crippen LogP contribution is 2.37. The molecule has 4 aromatic rings. The second-order valence-electron chi connectivity index (χ2n) is 10.0. The smallest absolute Gasteiger partial charge is 0.264 e. The summed E-state index contributed by atoms with van der Waals surface area (Å²) in [5.41, 5.74) is 4.42. The molecule has 4 aromatic carbocycles. The lowest BCUT2D eigenvalue weighted by Crippen LogP contribution is -2.35. The predicted octanol–water partition coefficient (Wildman–Crippen LogP) is 7.12. The summed E-state index contributed by atoms with van der Waals surface area (Å²) >= 11 is 5.98. The molecule has 10 heteroatoms. The van der Waals surface area contributed by atoms with Gasteiger partial charge in [-0.3, -0.25) is 4.31 Å². The molecule has 0 aliphatic carbocycles. The lowest BCUT2D eigenvalue weighted by molar-refractivity contribution is -0.242. The Morgan fingerprint density at radius 2 is 1.60 bits per heavy atom. The maximum absolute atomic E-state index is 15.1. The number of anilines is 2. The number of aryl methyl sites for hydroxylation is 2. The minimum Gasteiger partial charge on any atom is -0.530 e. The molecule has 220 valence electrons. The fraction of sp³-hybridized carbons (Fsp3) is 0.219. The standard InChI is InChI=1S/C32H31ClF2N2O4S/c1-20-21(2)30(36-32(38)39)18-11-23(20)8-6-9-24-7-4-5-10-28(24)22(3)37(31-19-26(34)14-17-29(31)35)42(40,41)27-15-12-25(33)13-16-27/h4-5,7,10-19,22,36H,6,8-9H2,1-3H3,(H,38,39)/p-1. The second kappa shape index (κ2) is 12.9. The highest BCUT2D eigenvalue weighted by molar-refractivity contribution is 7.92. The molecule has 0 aliphatic heterocycles. The Bertz CT molecular complexity index is 1710. The maximum atomic E-state index is 15.1. The molecule has 1 amide bonds. The lowest BCUT2D eigenvalue weighted by Gasteiger charge is -2.32. The predicted molar refractivity (Wildman–Crippen MR) is 159 cm³/mol. The number of carbonyl (C=O) groups excluding carboxylic acids is 1. The lowest BCUT2D eigenvalue weighted by atomic mass is 9.93. The summed E-state index contributed by atoms with van der Waals surface area (Å²) in [5.74, 6) is -1.64. The van der Waals surface area contributed by atoms with Gasteiger partial charge in [-0.05, 0) is 110 Å². The molecule has 0 aromatic heterocycles. The van der Waals surface area contributed by atoms with Crippen LogP contribution in [0.1, 0.15) is 47.2 Å². The van der Waals surface area contributed by atoms with Crippen LogP contribution in [0.25, 0.3) is 0 Å². The van der Waals surface area contributed by atoms with Gasteiger partial charge in [0.15, 0.2) is 0 Å². The van der Waals surface area contributed by atoms with E-state index in [0.717, 1.165) is 44.8 Å². The van der Waals surface area contributed by atoms with Crippen molar-refractivity contribution in [2.75, 3.05) is 9.62 Å². The first-order chi connectivity index (χ1) is 19.9. The summed E-state index contributed by atoms with van der Waals surface area (Å²) in [6, 6.07) is 18.2. The van der Waals surface area contributed by atoms with Gasteiger partial charge in [0.1, 0.15) is 17.7 Å². The molecule has 6 nitrogen and oxygen atoms in total. The Morgan fingerprint density at radius 3 is 2.29 bits per heavy atom. The summed E-state index contributed by atoms with van der Waals surface area (Å²) < 4.78 is 58.3. The van der Waals surface area contributed by atoms with Crippen LogP contribution in [0.4, 0.5) is 25.0 Å². The second-order valence-corrected chi connectivity index (χ2v) is 12.3. The molecule has 1 N–H and O–H groups in total. The van der Waals surface area contributed by atoms with Gasteiger partial charge in [-0.25, -0.2) is 17.2 Å². The molecule has 0 fully saturated rings. The van der Waals surface area contributed by atoms with E-state index in [1.165, 1.54) is 24.3 Å². The summed E-state index contributed by atoms with van der Waals surface area (Å²) in [7, 11) is -4.35. The molecule has 42 heavy (non-hydrogen) atoms. The first-order valence-corrected chi connectivity index (χ1v) is 15.1. The van der Waals surface area contributed by atoms with Gasteiger partial charge in [-0.1, -0.05) is 41.9 Å². The average Bonchev–Trinajstić information content (AvgIpc) is 2.94. The molecular formula is C32H30ClF2N2O4S-. The third-order valence-electron chi connectivity index (χ3n) is 7.40. The minimum atomic E-state index is -4.35. The van der Waals surface area contributed by atoms with Crippen molar-refractivity contribution < 1.29 is 27.1 Å². The van der Waals surface area contributed by atoms with Gasteiger partial charge in [-0.15, -0.1) is 0 Å². The minimum absolute atomic E-state index is 0.109. The summed E-state index contributed by atoms with van der Waals surface area (Å²) in [5, 5.41) is 13.6. The normalized spacial score (nSPS) is 12.1. The Morgan fingerprint density at radius 1 is 0.929 bits per heavy atom. The van der Waals surface area contributed by atoms with Crippen LogP contribution in [0.15, 0.2) is 83.8 Å². The Balaban J connectivity index is 1.67. The zero-order chi connectivity index (χ0) is 30.6. The van der Waals surface area contributed by atoms with Crippen LogP contribution in [-0.2, 0) is 22.9 Å². The first-order valence-electron chi connectivity index (χ1n) is 13.3. The van der Waals surface area contributed by atoms with Crippen molar-refractivity contribution in [3.05, 3.63) is 123 Å². The molecular weight excluding hydrogens is 582 g/mol. The van der Waals surface area contributed by atoms with E-state index in [9.17, 15) is 22.7 Å². The van der Waals surface area contributed by atoms with E-state index in [2.05, 4.69) is 5.32 Å². The van der Waals surface area contributed by atoms with Gasteiger partial charge in [0.25, 0.3) is 10.0 Å². The summed E-state index contributed by atoms with van der Waals surface area (Å²) in [4.78, 5) is 10.8. The van der Waals surface area contributed by atoms with Crippen LogP contribution in [0.3, 0.4) is 0 Å². The van der Waals surface area contributed by atoms with Crippen LogP contribution < -0.4 is 14.7 Å². The fourth-order valence-electron chi connectivity index (χ4n) is 5.08. The highest BCUT2D eigenvalue weighted by atomic mass is 35.5. The Kier molecular flexibility index (Phi) is 9.53. The van der Waals surface area contributed by atoms with Crippen LogP contribution in [-0.4, -0.2) is 14.5 Å². The zero-order valence-electron chi connectivity index (χ0n) is 23.3. The van der Waals surface area contributed by atoms with Crippen LogP contribution in [0.2, 0.25) is 5.02 Å². The van der Waals surface area contributed by atoms with Crippen molar-refractivity contribution in [1.29, 1.82) is 0 Å². The average molecular weight is 612 g/mol. The fourth-order valence-corrected chi connectivity index (χ4v) is 6.84. The number of hydrogen-bond donors (Lipinski definition) is 1. The SMILES string of the molecule is Cc1c(CCCc2ccccc2C(C)N(c2cc(F)ccc2F)S(=O)(=O)c2ccc(Cl)cc2)ccc(NC(=O)[O-])c1C. The molecule has 0 saturated heterocycles.